The van der Waals surface area contributed by atoms with Crippen LogP contribution in [-0.2, 0) is 20.6 Å². The van der Waals surface area contributed by atoms with Crippen LogP contribution in [0.5, 0.6) is 0 Å². The molecule has 8 heteroatoms. The number of nitrogens with zero attached hydrogens (tertiary/aromatic N) is 4. The highest BCUT2D eigenvalue weighted by Crippen LogP contribution is 2.25. The Morgan fingerprint density at radius 2 is 1.96 bits per heavy atom. The minimum absolute atomic E-state index is 0.0651. The van der Waals surface area contributed by atoms with Crippen LogP contribution in [0.2, 0.25) is 0 Å². The van der Waals surface area contributed by atoms with Gasteiger partial charge < -0.3 is 10.3 Å². The molecule has 0 aliphatic carbocycles. The number of ketones is 1. The van der Waals surface area contributed by atoms with Crippen molar-refractivity contribution in [3.05, 3.63) is 50.4 Å². The third-order valence-corrected chi connectivity index (χ3v) is 4.80. The van der Waals surface area contributed by atoms with Crippen LogP contribution in [0.3, 0.4) is 0 Å². The molecule has 24 heavy (non-hydrogen) atoms. The Hall–Kier alpha value is -2.61. The van der Waals surface area contributed by atoms with Gasteiger partial charge in [0.2, 0.25) is 0 Å². The normalized spacial score (nSPS) is 17.7. The smallest absolute Gasteiger partial charge is 0.332 e. The van der Waals surface area contributed by atoms with Crippen molar-refractivity contribution in [2.75, 3.05) is 18.8 Å². The fourth-order valence-corrected chi connectivity index (χ4v) is 3.23. The summed E-state index contributed by atoms with van der Waals surface area (Å²) in [5, 5.41) is 0. The van der Waals surface area contributed by atoms with Crippen LogP contribution in [0.4, 0.5) is 5.82 Å². The van der Waals surface area contributed by atoms with Gasteiger partial charge in [0, 0.05) is 45.1 Å². The fraction of sp³-hybridized carbons (Fsp3) is 0.438. The summed E-state index contributed by atoms with van der Waals surface area (Å²) in [5.74, 6) is -0.448. The SMILES string of the molecule is C[C@H]1c2cccn2CCN1CC(=O)c1c(N)n(C)c(=O)n(C)c1=O. The van der Waals surface area contributed by atoms with Crippen molar-refractivity contribution in [1.29, 1.82) is 0 Å². The molecule has 0 aromatic carbocycles. The fourth-order valence-electron chi connectivity index (χ4n) is 3.23. The first-order valence-corrected chi connectivity index (χ1v) is 7.80. The van der Waals surface area contributed by atoms with Crippen LogP contribution < -0.4 is 17.0 Å². The predicted octanol–water partition coefficient (Wildman–Crippen LogP) is -0.273. The van der Waals surface area contributed by atoms with Crippen LogP contribution in [0.1, 0.15) is 29.0 Å². The first-order chi connectivity index (χ1) is 11.3. The number of fused-ring (bicyclic) bond motifs is 1. The van der Waals surface area contributed by atoms with Crippen LogP contribution >= 0.6 is 0 Å². The van der Waals surface area contributed by atoms with E-state index in [1.165, 1.54) is 14.1 Å². The van der Waals surface area contributed by atoms with Crippen LogP contribution in [0.25, 0.3) is 0 Å². The van der Waals surface area contributed by atoms with E-state index < -0.39 is 11.2 Å². The van der Waals surface area contributed by atoms with Gasteiger partial charge in [0.05, 0.1) is 6.54 Å². The Labute approximate surface area is 138 Å². The zero-order chi connectivity index (χ0) is 17.6. The molecule has 0 saturated heterocycles. The van der Waals surface area contributed by atoms with Crippen molar-refractivity contribution in [2.24, 2.45) is 14.1 Å². The third kappa shape index (κ3) is 2.39. The van der Waals surface area contributed by atoms with Gasteiger partial charge in [-0.2, -0.15) is 0 Å². The first kappa shape index (κ1) is 16.3. The van der Waals surface area contributed by atoms with E-state index in [0.717, 1.165) is 21.4 Å². The van der Waals surface area contributed by atoms with E-state index in [0.29, 0.717) is 6.54 Å². The Kier molecular flexibility index (Phi) is 3.92. The summed E-state index contributed by atoms with van der Waals surface area (Å²) in [4.78, 5) is 38.9. The third-order valence-electron chi connectivity index (χ3n) is 4.80. The highest BCUT2D eigenvalue weighted by molar-refractivity contribution is 6.01. The Morgan fingerprint density at radius 1 is 1.25 bits per heavy atom. The molecule has 0 saturated carbocycles. The van der Waals surface area contributed by atoms with Crippen LogP contribution in [-0.4, -0.2) is 37.5 Å². The lowest BCUT2D eigenvalue weighted by Crippen LogP contribution is -2.45. The van der Waals surface area contributed by atoms with Gasteiger partial charge in [-0.3, -0.25) is 23.6 Å². The number of anilines is 1. The molecule has 2 N–H and O–H groups in total. The number of hydrogen-bond acceptors (Lipinski definition) is 5. The lowest BCUT2D eigenvalue weighted by Gasteiger charge is -2.34. The summed E-state index contributed by atoms with van der Waals surface area (Å²) in [7, 11) is 2.79. The molecule has 3 heterocycles. The standard InChI is InChI=1S/C16H21N5O3/c1-10-11-5-4-6-20(11)7-8-21(10)9-12(22)13-14(17)18(2)16(24)19(3)15(13)23/h4-6,10H,7-9,17H2,1-3H3/t10-/m0/s1. The molecular formula is C16H21N5O3. The maximum Gasteiger partial charge on any atom is 0.332 e. The lowest BCUT2D eigenvalue weighted by atomic mass is 10.1. The summed E-state index contributed by atoms with van der Waals surface area (Å²) in [6.07, 6.45) is 2.02. The van der Waals surface area contributed by atoms with Crippen molar-refractivity contribution >= 4 is 11.6 Å². The molecular weight excluding hydrogens is 310 g/mol. The van der Waals surface area contributed by atoms with Gasteiger partial charge in [-0.15, -0.1) is 0 Å². The van der Waals surface area contributed by atoms with E-state index in [-0.39, 0.29) is 29.8 Å². The number of nitrogen functional groups attached to an aromatic ring is 1. The largest absolute Gasteiger partial charge is 0.384 e. The molecule has 128 valence electrons. The van der Waals surface area contributed by atoms with Gasteiger partial charge >= 0.3 is 5.69 Å². The Balaban J connectivity index is 1.92. The summed E-state index contributed by atoms with van der Waals surface area (Å²) in [5.41, 5.74) is 5.69. The summed E-state index contributed by atoms with van der Waals surface area (Å²) >= 11 is 0. The molecule has 1 aliphatic rings. The molecule has 3 rings (SSSR count). The summed E-state index contributed by atoms with van der Waals surface area (Å²) in [6, 6.07) is 4.08. The second kappa shape index (κ2) is 5.79. The van der Waals surface area contributed by atoms with Crippen molar-refractivity contribution < 1.29 is 4.79 Å². The number of nitrogens with two attached hydrogens (primary N) is 1. The van der Waals surface area contributed by atoms with Gasteiger partial charge in [-0.1, -0.05) is 0 Å². The average Bonchev–Trinajstić information content (AvgIpc) is 3.03. The zero-order valence-electron chi connectivity index (χ0n) is 14.0. The maximum absolute atomic E-state index is 12.7. The van der Waals surface area contributed by atoms with Crippen molar-refractivity contribution in [1.82, 2.24) is 18.6 Å². The van der Waals surface area contributed by atoms with Crippen LogP contribution in [0.15, 0.2) is 27.9 Å². The quantitative estimate of drug-likeness (QED) is 0.781. The molecule has 1 atom stereocenters. The molecule has 0 bridgehead atoms. The first-order valence-electron chi connectivity index (χ1n) is 7.80. The van der Waals surface area contributed by atoms with Gasteiger partial charge in [0.15, 0.2) is 5.78 Å². The topological polar surface area (TPSA) is 95.3 Å². The molecule has 2 aromatic heterocycles. The average molecular weight is 331 g/mol. The number of aromatic nitrogens is 3. The molecule has 0 fully saturated rings. The van der Waals surface area contributed by atoms with Crippen LogP contribution in [0, 0.1) is 0 Å². The summed E-state index contributed by atoms with van der Waals surface area (Å²) in [6.45, 7) is 3.62. The van der Waals surface area contributed by atoms with Gasteiger partial charge in [-0.05, 0) is 19.1 Å². The molecule has 2 aromatic rings. The Bertz CT molecular complexity index is 921. The van der Waals surface area contributed by atoms with E-state index >= 15 is 0 Å². The van der Waals surface area contributed by atoms with E-state index in [2.05, 4.69) is 4.57 Å². The minimum Gasteiger partial charge on any atom is -0.384 e. The molecule has 0 radical (unpaired) electrons. The van der Waals surface area contributed by atoms with Gasteiger partial charge in [0.1, 0.15) is 11.4 Å². The van der Waals surface area contributed by atoms with Gasteiger partial charge in [-0.25, -0.2) is 4.79 Å². The maximum atomic E-state index is 12.7. The molecule has 1 aliphatic heterocycles. The summed E-state index contributed by atoms with van der Waals surface area (Å²) < 4.78 is 4.19. The number of carbonyl (C=O) groups is 1. The molecule has 8 nitrogen and oxygen atoms in total. The molecule has 0 spiro atoms. The predicted molar refractivity (Wildman–Crippen MR) is 90.1 cm³/mol. The van der Waals surface area contributed by atoms with Gasteiger partial charge in [0.25, 0.3) is 5.56 Å². The minimum atomic E-state index is -0.645. The molecule has 0 amide bonds. The van der Waals surface area contributed by atoms with E-state index in [4.69, 9.17) is 5.73 Å². The zero-order valence-corrected chi connectivity index (χ0v) is 14.0. The number of rotatable bonds is 3. The highest BCUT2D eigenvalue weighted by Gasteiger charge is 2.28. The second-order valence-corrected chi connectivity index (χ2v) is 6.16. The monoisotopic (exact) mass is 331 g/mol. The Morgan fingerprint density at radius 3 is 2.67 bits per heavy atom. The number of carbonyl (C=O) groups excluding carboxylic acids is 1. The van der Waals surface area contributed by atoms with E-state index in [1.54, 1.807) is 0 Å². The van der Waals surface area contributed by atoms with E-state index in [1.807, 2.05) is 30.2 Å². The van der Waals surface area contributed by atoms with Crippen molar-refractivity contribution in [3.63, 3.8) is 0 Å². The van der Waals surface area contributed by atoms with E-state index in [9.17, 15) is 14.4 Å². The highest BCUT2D eigenvalue weighted by atomic mass is 16.2. The second-order valence-electron chi connectivity index (χ2n) is 6.16. The van der Waals surface area contributed by atoms with Crippen molar-refractivity contribution in [3.8, 4) is 0 Å². The van der Waals surface area contributed by atoms with Crippen molar-refractivity contribution in [2.45, 2.75) is 19.5 Å². The number of hydrogen-bond donors (Lipinski definition) is 1. The lowest BCUT2D eigenvalue weighted by molar-refractivity contribution is 0.0866. The molecule has 0 unspecified atom stereocenters. The number of Topliss-reactive ketones (excluding diaryl/α,β-unsaturated/α-hetero) is 1.